The lowest BCUT2D eigenvalue weighted by Crippen LogP contribution is -2.25. The van der Waals surface area contributed by atoms with E-state index in [-0.39, 0.29) is 35.8 Å². The predicted molar refractivity (Wildman–Crippen MR) is 125 cm³/mol. The minimum atomic E-state index is -0.487. The molecule has 35 heavy (non-hydrogen) atoms. The SMILES string of the molecule is CC(=O)c1ccc(NC(=O)Cn2c3ccc(F)cc3c3ncn(Cc4nc(C)no4)c(=O)c32)cc1. The zero-order valence-electron chi connectivity index (χ0n) is 18.8. The van der Waals surface area contributed by atoms with Crippen molar-refractivity contribution >= 4 is 39.3 Å². The number of aryl methyl sites for hydroxylation is 1. The maximum atomic E-state index is 14.0. The number of aromatic nitrogens is 5. The summed E-state index contributed by atoms with van der Waals surface area (Å²) >= 11 is 0. The zero-order valence-corrected chi connectivity index (χ0v) is 18.8. The molecule has 10 nitrogen and oxygen atoms in total. The van der Waals surface area contributed by atoms with E-state index in [1.165, 1.54) is 40.6 Å². The van der Waals surface area contributed by atoms with Gasteiger partial charge in [0.15, 0.2) is 11.6 Å². The number of Topliss-reactive ketones (excluding diaryl/α,β-unsaturated/α-hetero) is 1. The summed E-state index contributed by atoms with van der Waals surface area (Å²) in [6, 6.07) is 10.5. The van der Waals surface area contributed by atoms with E-state index in [0.29, 0.717) is 28.0 Å². The van der Waals surface area contributed by atoms with Gasteiger partial charge < -0.3 is 14.4 Å². The number of fused-ring (bicyclic) bond motifs is 3. The minimum absolute atomic E-state index is 0.00675. The molecule has 1 N–H and O–H groups in total. The van der Waals surface area contributed by atoms with Crippen molar-refractivity contribution in [3.8, 4) is 0 Å². The van der Waals surface area contributed by atoms with E-state index >= 15 is 0 Å². The van der Waals surface area contributed by atoms with Gasteiger partial charge in [0, 0.05) is 16.6 Å². The van der Waals surface area contributed by atoms with Crippen molar-refractivity contribution in [1.29, 1.82) is 0 Å². The number of carbonyl (C=O) groups excluding carboxylic acids is 2. The van der Waals surface area contributed by atoms with Crippen molar-refractivity contribution < 1.29 is 18.5 Å². The molecule has 3 aromatic heterocycles. The van der Waals surface area contributed by atoms with Gasteiger partial charge in [-0.3, -0.25) is 19.0 Å². The van der Waals surface area contributed by atoms with Crippen LogP contribution < -0.4 is 10.9 Å². The molecule has 11 heteroatoms. The number of hydrogen-bond acceptors (Lipinski definition) is 7. The molecule has 0 fully saturated rings. The summed E-state index contributed by atoms with van der Waals surface area (Å²) in [4.78, 5) is 46.3. The van der Waals surface area contributed by atoms with Crippen LogP contribution in [0.3, 0.4) is 0 Å². The van der Waals surface area contributed by atoms with E-state index in [4.69, 9.17) is 4.52 Å². The average Bonchev–Trinajstić information content (AvgIpc) is 3.36. The van der Waals surface area contributed by atoms with Crippen molar-refractivity contribution in [2.24, 2.45) is 0 Å². The molecule has 0 unspecified atom stereocenters. The highest BCUT2D eigenvalue weighted by Gasteiger charge is 2.20. The molecule has 0 aliphatic carbocycles. The number of benzene rings is 2. The Labute approximate surface area is 197 Å². The zero-order chi connectivity index (χ0) is 24.7. The maximum Gasteiger partial charge on any atom is 0.278 e. The fourth-order valence-corrected chi connectivity index (χ4v) is 3.93. The lowest BCUT2D eigenvalue weighted by atomic mass is 10.1. The molecule has 0 saturated carbocycles. The normalized spacial score (nSPS) is 11.3. The molecule has 2 aromatic carbocycles. The molecule has 0 aliphatic rings. The summed E-state index contributed by atoms with van der Waals surface area (Å²) < 4.78 is 21.9. The van der Waals surface area contributed by atoms with Gasteiger partial charge in [0.2, 0.25) is 11.8 Å². The summed E-state index contributed by atoms with van der Waals surface area (Å²) in [6.07, 6.45) is 1.33. The molecule has 0 saturated heterocycles. The fourth-order valence-electron chi connectivity index (χ4n) is 3.93. The van der Waals surface area contributed by atoms with Crippen molar-refractivity contribution in [3.05, 3.63) is 82.2 Å². The van der Waals surface area contributed by atoms with Gasteiger partial charge in [-0.15, -0.1) is 0 Å². The van der Waals surface area contributed by atoms with Crippen LogP contribution in [0.15, 0.2) is 58.1 Å². The average molecular weight is 474 g/mol. The third-order valence-electron chi connectivity index (χ3n) is 5.54. The first-order valence-electron chi connectivity index (χ1n) is 10.7. The smallest absolute Gasteiger partial charge is 0.278 e. The number of hydrogen-bond donors (Lipinski definition) is 1. The molecule has 176 valence electrons. The molecule has 0 spiro atoms. The van der Waals surface area contributed by atoms with Crippen LogP contribution in [0.4, 0.5) is 10.1 Å². The quantitative estimate of drug-likeness (QED) is 0.375. The number of rotatable bonds is 6. The second-order valence-corrected chi connectivity index (χ2v) is 8.04. The van der Waals surface area contributed by atoms with E-state index in [2.05, 4.69) is 20.4 Å². The first-order valence-corrected chi connectivity index (χ1v) is 10.7. The Morgan fingerprint density at radius 2 is 1.91 bits per heavy atom. The maximum absolute atomic E-state index is 14.0. The second kappa shape index (κ2) is 8.60. The number of nitrogens with zero attached hydrogens (tertiary/aromatic N) is 5. The Morgan fingerprint density at radius 3 is 2.60 bits per heavy atom. The van der Waals surface area contributed by atoms with E-state index in [1.54, 1.807) is 31.2 Å². The molecule has 5 rings (SSSR count). The molecule has 0 radical (unpaired) electrons. The van der Waals surface area contributed by atoms with Crippen LogP contribution in [0.2, 0.25) is 0 Å². The van der Waals surface area contributed by atoms with Gasteiger partial charge in [0.05, 0.1) is 11.8 Å². The molecular weight excluding hydrogens is 455 g/mol. The summed E-state index contributed by atoms with van der Waals surface area (Å²) in [6.45, 7) is 2.89. The molecule has 0 aliphatic heterocycles. The monoisotopic (exact) mass is 474 g/mol. The molecular formula is C24H19FN6O4. The summed E-state index contributed by atoms with van der Waals surface area (Å²) in [5, 5.41) is 6.89. The van der Waals surface area contributed by atoms with E-state index in [1.807, 2.05) is 0 Å². The highest BCUT2D eigenvalue weighted by molar-refractivity contribution is 6.06. The van der Waals surface area contributed by atoms with Crippen molar-refractivity contribution in [2.75, 3.05) is 5.32 Å². The molecule has 0 bridgehead atoms. The van der Waals surface area contributed by atoms with Gasteiger partial charge in [-0.2, -0.15) is 4.98 Å². The molecule has 1 amide bonds. The number of ketones is 1. The van der Waals surface area contributed by atoms with Gasteiger partial charge in [0.25, 0.3) is 5.56 Å². The number of carbonyl (C=O) groups is 2. The minimum Gasteiger partial charge on any atom is -0.337 e. The van der Waals surface area contributed by atoms with Crippen molar-refractivity contribution in [3.63, 3.8) is 0 Å². The van der Waals surface area contributed by atoms with Crippen LogP contribution in [0, 0.1) is 12.7 Å². The van der Waals surface area contributed by atoms with Crippen LogP contribution in [0.1, 0.15) is 29.0 Å². The van der Waals surface area contributed by atoms with Crippen LogP contribution in [0.5, 0.6) is 0 Å². The Hall–Kier alpha value is -4.67. The highest BCUT2D eigenvalue weighted by atomic mass is 19.1. The summed E-state index contributed by atoms with van der Waals surface area (Å²) in [7, 11) is 0. The van der Waals surface area contributed by atoms with Crippen molar-refractivity contribution in [2.45, 2.75) is 26.9 Å². The molecule has 3 heterocycles. The molecule has 5 aromatic rings. The van der Waals surface area contributed by atoms with Gasteiger partial charge >= 0.3 is 0 Å². The van der Waals surface area contributed by atoms with Crippen LogP contribution in [-0.2, 0) is 17.9 Å². The summed E-state index contributed by atoms with van der Waals surface area (Å²) in [5.74, 6) is -0.323. The Bertz CT molecular complexity index is 1670. The van der Waals surface area contributed by atoms with Crippen LogP contribution >= 0.6 is 0 Å². The highest BCUT2D eigenvalue weighted by Crippen LogP contribution is 2.26. The van der Waals surface area contributed by atoms with Gasteiger partial charge in [-0.25, -0.2) is 9.37 Å². The lowest BCUT2D eigenvalue weighted by molar-refractivity contribution is -0.116. The third kappa shape index (κ3) is 4.19. The number of halogens is 1. The number of nitrogens with one attached hydrogen (secondary N) is 1. The lowest BCUT2D eigenvalue weighted by Gasteiger charge is -2.09. The summed E-state index contributed by atoms with van der Waals surface area (Å²) in [5.41, 5.74) is 1.48. The van der Waals surface area contributed by atoms with E-state index < -0.39 is 17.3 Å². The first-order chi connectivity index (χ1) is 16.8. The number of amides is 1. The van der Waals surface area contributed by atoms with Gasteiger partial charge in [-0.1, -0.05) is 5.16 Å². The van der Waals surface area contributed by atoms with E-state index in [9.17, 15) is 18.8 Å². The Kier molecular flexibility index (Phi) is 5.44. The standard InChI is InChI=1S/C24H19FN6O4/c1-13(32)15-3-6-17(7-4-15)28-20(33)10-31-19-8-5-16(25)9-18(19)22-23(31)24(34)30(12-26-22)11-21-27-14(2)29-35-21/h3-9,12H,10-11H2,1-2H3,(H,28,33). The third-order valence-corrected chi connectivity index (χ3v) is 5.54. The van der Waals surface area contributed by atoms with Gasteiger partial charge in [-0.05, 0) is 56.3 Å². The van der Waals surface area contributed by atoms with Crippen molar-refractivity contribution in [1.82, 2.24) is 24.3 Å². The first kappa shape index (κ1) is 22.1. The largest absolute Gasteiger partial charge is 0.337 e. The second-order valence-electron chi connectivity index (χ2n) is 8.04. The van der Waals surface area contributed by atoms with Gasteiger partial charge in [0.1, 0.15) is 29.9 Å². The Morgan fingerprint density at radius 1 is 1.14 bits per heavy atom. The molecule has 0 atom stereocenters. The van der Waals surface area contributed by atoms with Crippen LogP contribution in [0.25, 0.3) is 21.9 Å². The number of anilines is 1. The Balaban J connectivity index is 1.55. The topological polar surface area (TPSA) is 125 Å². The van der Waals surface area contributed by atoms with Crippen LogP contribution in [-0.4, -0.2) is 35.9 Å². The fraction of sp³-hybridized carbons (Fsp3) is 0.167. The predicted octanol–water partition coefficient (Wildman–Crippen LogP) is 3.07. The van der Waals surface area contributed by atoms with E-state index in [0.717, 1.165) is 0 Å².